The molecule has 0 aliphatic carbocycles. The van der Waals surface area contributed by atoms with E-state index in [0.29, 0.717) is 18.8 Å². The topological polar surface area (TPSA) is 84.5 Å². The second kappa shape index (κ2) is 4.96. The van der Waals surface area contributed by atoms with Gasteiger partial charge in [-0.25, -0.2) is 9.78 Å². The predicted octanol–water partition coefficient (Wildman–Crippen LogP) is -0.576. The van der Waals surface area contributed by atoms with Crippen LogP contribution in [0, 0.1) is 0 Å². The van der Waals surface area contributed by atoms with Gasteiger partial charge in [-0.3, -0.25) is 4.79 Å². The summed E-state index contributed by atoms with van der Waals surface area (Å²) in [7, 11) is 1.29. The fraction of sp³-hybridized carbons (Fsp3) is 0.500. The molecule has 17 heavy (non-hydrogen) atoms. The number of imidazole rings is 1. The van der Waals surface area contributed by atoms with E-state index < -0.39 is 12.0 Å². The Morgan fingerprint density at radius 3 is 3.12 bits per heavy atom. The molecule has 1 fully saturated rings. The standard InChI is InChI=1S/C10H13N3O4/c1-16-10(15)8-5-17-3-2-13(8)9(14)7-4-11-6-12-7/h4,6,8H,2-3,5H2,1H3,(H,11,12). The fourth-order valence-electron chi connectivity index (χ4n) is 1.71. The first-order valence-electron chi connectivity index (χ1n) is 5.19. The van der Waals surface area contributed by atoms with Crippen molar-refractivity contribution in [2.75, 3.05) is 26.9 Å². The van der Waals surface area contributed by atoms with E-state index in [9.17, 15) is 9.59 Å². The van der Waals surface area contributed by atoms with Crippen LogP contribution in [-0.4, -0.2) is 59.7 Å². The molecule has 7 heteroatoms. The van der Waals surface area contributed by atoms with Crippen molar-refractivity contribution in [3.63, 3.8) is 0 Å². The Labute approximate surface area is 97.7 Å². The lowest BCUT2D eigenvalue weighted by Crippen LogP contribution is -2.53. The number of esters is 1. The minimum Gasteiger partial charge on any atom is -0.467 e. The lowest BCUT2D eigenvalue weighted by atomic mass is 10.2. The Morgan fingerprint density at radius 1 is 1.65 bits per heavy atom. The number of ether oxygens (including phenoxy) is 2. The summed E-state index contributed by atoms with van der Waals surface area (Å²) in [6.45, 7) is 0.928. The Kier molecular flexibility index (Phi) is 3.38. The summed E-state index contributed by atoms with van der Waals surface area (Å²) in [4.78, 5) is 31.5. The van der Waals surface area contributed by atoms with Gasteiger partial charge in [-0.2, -0.15) is 0 Å². The van der Waals surface area contributed by atoms with E-state index in [1.165, 1.54) is 24.5 Å². The molecule has 2 rings (SSSR count). The van der Waals surface area contributed by atoms with Crippen molar-refractivity contribution in [1.82, 2.24) is 14.9 Å². The molecule has 1 amide bonds. The molecule has 2 heterocycles. The SMILES string of the molecule is COC(=O)C1COCCN1C(=O)c1cnc[nH]1. The highest BCUT2D eigenvalue weighted by Crippen LogP contribution is 2.12. The Bertz CT molecular complexity index is 404. The third-order valence-corrected chi connectivity index (χ3v) is 2.59. The number of H-pyrrole nitrogens is 1. The minimum absolute atomic E-state index is 0.159. The van der Waals surface area contributed by atoms with Gasteiger partial charge in [-0.15, -0.1) is 0 Å². The Morgan fingerprint density at radius 2 is 2.47 bits per heavy atom. The minimum atomic E-state index is -0.690. The molecule has 0 saturated carbocycles. The van der Waals surface area contributed by atoms with Gasteiger partial charge in [0.15, 0.2) is 6.04 Å². The quantitative estimate of drug-likeness (QED) is 0.698. The van der Waals surface area contributed by atoms with Crippen LogP contribution in [0.2, 0.25) is 0 Å². The third-order valence-electron chi connectivity index (χ3n) is 2.59. The van der Waals surface area contributed by atoms with Crippen LogP contribution in [0.4, 0.5) is 0 Å². The first-order valence-corrected chi connectivity index (χ1v) is 5.19. The maximum Gasteiger partial charge on any atom is 0.331 e. The molecule has 1 aromatic heterocycles. The summed E-state index contributed by atoms with van der Waals surface area (Å²) < 4.78 is 9.83. The van der Waals surface area contributed by atoms with Gasteiger partial charge in [0.05, 0.1) is 32.8 Å². The fourth-order valence-corrected chi connectivity index (χ4v) is 1.71. The molecular formula is C10H13N3O4. The zero-order valence-electron chi connectivity index (χ0n) is 9.38. The molecule has 1 saturated heterocycles. The van der Waals surface area contributed by atoms with Crippen molar-refractivity contribution in [3.8, 4) is 0 Å². The lowest BCUT2D eigenvalue weighted by Gasteiger charge is -2.33. The average molecular weight is 239 g/mol. The van der Waals surface area contributed by atoms with Crippen molar-refractivity contribution in [3.05, 3.63) is 18.2 Å². The molecule has 0 bridgehead atoms. The number of nitrogens with zero attached hydrogens (tertiary/aromatic N) is 2. The van der Waals surface area contributed by atoms with Gasteiger partial charge in [0, 0.05) is 6.54 Å². The van der Waals surface area contributed by atoms with Gasteiger partial charge in [0.2, 0.25) is 0 Å². The maximum atomic E-state index is 12.1. The lowest BCUT2D eigenvalue weighted by molar-refractivity contribution is -0.151. The number of nitrogens with one attached hydrogen (secondary N) is 1. The monoisotopic (exact) mass is 239 g/mol. The highest BCUT2D eigenvalue weighted by molar-refractivity contribution is 5.95. The van der Waals surface area contributed by atoms with Crippen LogP contribution in [0.1, 0.15) is 10.5 Å². The second-order valence-electron chi connectivity index (χ2n) is 3.58. The molecule has 0 spiro atoms. The maximum absolute atomic E-state index is 12.1. The summed E-state index contributed by atoms with van der Waals surface area (Å²) in [5.74, 6) is -0.751. The van der Waals surface area contributed by atoms with Crippen LogP contribution in [0.15, 0.2) is 12.5 Å². The predicted molar refractivity (Wildman–Crippen MR) is 56.2 cm³/mol. The van der Waals surface area contributed by atoms with Crippen LogP contribution in [0.3, 0.4) is 0 Å². The van der Waals surface area contributed by atoms with Gasteiger partial charge in [-0.05, 0) is 0 Å². The highest BCUT2D eigenvalue weighted by atomic mass is 16.5. The van der Waals surface area contributed by atoms with Crippen LogP contribution in [0.25, 0.3) is 0 Å². The Balaban J connectivity index is 2.16. The largest absolute Gasteiger partial charge is 0.467 e. The van der Waals surface area contributed by atoms with E-state index in [1.807, 2.05) is 0 Å². The number of carbonyl (C=O) groups excluding carboxylic acids is 2. The summed E-state index contributed by atoms with van der Waals surface area (Å²) in [6.07, 6.45) is 2.84. The zero-order chi connectivity index (χ0) is 12.3. The van der Waals surface area contributed by atoms with Gasteiger partial charge >= 0.3 is 5.97 Å². The molecule has 92 valence electrons. The van der Waals surface area contributed by atoms with E-state index in [2.05, 4.69) is 14.7 Å². The number of aromatic nitrogens is 2. The average Bonchev–Trinajstić information content (AvgIpc) is 2.91. The molecule has 1 aliphatic heterocycles. The third kappa shape index (κ3) is 2.28. The summed E-state index contributed by atoms with van der Waals surface area (Å²) in [5, 5.41) is 0. The van der Waals surface area contributed by atoms with Gasteiger partial charge in [0.25, 0.3) is 5.91 Å². The number of hydrogen-bond acceptors (Lipinski definition) is 5. The van der Waals surface area contributed by atoms with Crippen LogP contribution in [-0.2, 0) is 14.3 Å². The second-order valence-corrected chi connectivity index (χ2v) is 3.58. The molecular weight excluding hydrogens is 226 g/mol. The molecule has 1 aromatic rings. The number of aromatic amines is 1. The summed E-state index contributed by atoms with van der Waals surface area (Å²) in [6, 6.07) is -0.690. The molecule has 0 aromatic carbocycles. The van der Waals surface area contributed by atoms with Crippen molar-refractivity contribution in [1.29, 1.82) is 0 Å². The smallest absolute Gasteiger partial charge is 0.331 e. The number of amides is 1. The van der Waals surface area contributed by atoms with Crippen LogP contribution < -0.4 is 0 Å². The summed E-state index contributed by atoms with van der Waals surface area (Å²) >= 11 is 0. The van der Waals surface area contributed by atoms with E-state index in [4.69, 9.17) is 4.74 Å². The molecule has 1 aliphatic rings. The molecule has 7 nitrogen and oxygen atoms in total. The van der Waals surface area contributed by atoms with E-state index in [1.54, 1.807) is 0 Å². The number of carbonyl (C=O) groups is 2. The van der Waals surface area contributed by atoms with Gasteiger partial charge in [-0.1, -0.05) is 0 Å². The van der Waals surface area contributed by atoms with Crippen molar-refractivity contribution >= 4 is 11.9 Å². The van der Waals surface area contributed by atoms with Gasteiger partial charge < -0.3 is 19.4 Å². The van der Waals surface area contributed by atoms with Crippen LogP contribution in [0.5, 0.6) is 0 Å². The number of hydrogen-bond donors (Lipinski definition) is 1. The Hall–Kier alpha value is -1.89. The van der Waals surface area contributed by atoms with Gasteiger partial charge in [0.1, 0.15) is 5.69 Å². The van der Waals surface area contributed by atoms with Crippen LogP contribution >= 0.6 is 0 Å². The molecule has 1 N–H and O–H groups in total. The highest BCUT2D eigenvalue weighted by Gasteiger charge is 2.34. The van der Waals surface area contributed by atoms with Crippen molar-refractivity contribution in [2.45, 2.75) is 6.04 Å². The van der Waals surface area contributed by atoms with Crippen molar-refractivity contribution < 1.29 is 19.1 Å². The number of methoxy groups -OCH3 is 1. The first kappa shape index (κ1) is 11.6. The summed E-state index contributed by atoms with van der Waals surface area (Å²) in [5.41, 5.74) is 0.348. The molecule has 1 atom stereocenters. The zero-order valence-corrected chi connectivity index (χ0v) is 9.38. The molecule has 0 radical (unpaired) electrons. The van der Waals surface area contributed by atoms with E-state index >= 15 is 0 Å². The number of morpholine rings is 1. The van der Waals surface area contributed by atoms with E-state index in [0.717, 1.165) is 0 Å². The normalized spacial score (nSPS) is 20.1. The number of rotatable bonds is 2. The first-order chi connectivity index (χ1) is 8.24. The van der Waals surface area contributed by atoms with E-state index in [-0.39, 0.29) is 12.5 Å². The van der Waals surface area contributed by atoms with Crippen molar-refractivity contribution in [2.24, 2.45) is 0 Å². The molecule has 1 unspecified atom stereocenters.